The fraction of sp³-hybridized carbons (Fsp3) is 0.556. The van der Waals surface area contributed by atoms with Gasteiger partial charge >= 0.3 is 0 Å². The van der Waals surface area contributed by atoms with Gasteiger partial charge in [-0.25, -0.2) is 4.68 Å². The number of nitrogens with one attached hydrogen (secondary N) is 1. The van der Waals surface area contributed by atoms with Crippen molar-refractivity contribution in [2.75, 3.05) is 5.32 Å². The highest BCUT2D eigenvalue weighted by atomic mass is 16.1. The number of hydrogen-bond acceptors (Lipinski definition) is 2. The summed E-state index contributed by atoms with van der Waals surface area (Å²) in [6.07, 6.45) is 4.30. The zero-order valence-corrected chi connectivity index (χ0v) is 7.66. The van der Waals surface area contributed by atoms with E-state index in [-0.39, 0.29) is 5.91 Å². The van der Waals surface area contributed by atoms with Gasteiger partial charge in [-0.15, -0.1) is 0 Å². The Balaban J connectivity index is 2.05. The first-order chi connectivity index (χ1) is 6.25. The molecule has 70 valence electrons. The van der Waals surface area contributed by atoms with Gasteiger partial charge in [-0.2, -0.15) is 5.10 Å². The Morgan fingerprint density at radius 1 is 1.77 bits per heavy atom. The van der Waals surface area contributed by atoms with Crippen molar-refractivity contribution in [3.05, 3.63) is 12.3 Å². The molecule has 13 heavy (non-hydrogen) atoms. The van der Waals surface area contributed by atoms with Crippen molar-refractivity contribution in [1.82, 2.24) is 9.78 Å². The van der Waals surface area contributed by atoms with Gasteiger partial charge in [-0.1, -0.05) is 0 Å². The van der Waals surface area contributed by atoms with Gasteiger partial charge in [-0.3, -0.25) is 4.79 Å². The lowest BCUT2D eigenvalue weighted by molar-refractivity contribution is -0.114. The monoisotopic (exact) mass is 179 g/mol. The summed E-state index contributed by atoms with van der Waals surface area (Å²) in [6, 6.07) is 1.82. The van der Waals surface area contributed by atoms with E-state index in [1.54, 1.807) is 6.20 Å². The predicted molar refractivity (Wildman–Crippen MR) is 49.3 cm³/mol. The average molecular weight is 179 g/mol. The van der Waals surface area contributed by atoms with Gasteiger partial charge in [0.15, 0.2) is 0 Å². The maximum Gasteiger partial charge on any atom is 0.222 e. The van der Waals surface area contributed by atoms with E-state index in [1.165, 1.54) is 19.8 Å². The molecule has 1 N–H and O–H groups in total. The summed E-state index contributed by atoms with van der Waals surface area (Å²) in [6.45, 7) is 2.44. The van der Waals surface area contributed by atoms with Crippen LogP contribution in [0.15, 0.2) is 12.3 Å². The number of rotatable bonds is 3. The minimum Gasteiger partial charge on any atom is -0.311 e. The summed E-state index contributed by atoms with van der Waals surface area (Å²) in [5.41, 5.74) is 0. The Hall–Kier alpha value is -1.32. The molecule has 0 spiro atoms. The Morgan fingerprint density at radius 2 is 2.54 bits per heavy atom. The average Bonchev–Trinajstić information content (AvgIpc) is 2.75. The fourth-order valence-corrected chi connectivity index (χ4v) is 1.31. The Bertz CT molecular complexity index is 314. The summed E-state index contributed by atoms with van der Waals surface area (Å²) in [5, 5.41) is 6.90. The molecule has 0 bridgehead atoms. The van der Waals surface area contributed by atoms with Crippen LogP contribution in [-0.4, -0.2) is 15.7 Å². The minimum atomic E-state index is -0.0439. The molecular formula is C9H13N3O. The molecule has 1 fully saturated rings. The molecule has 1 amide bonds. The van der Waals surface area contributed by atoms with Crippen LogP contribution < -0.4 is 5.32 Å². The molecular weight excluding hydrogens is 166 g/mol. The largest absolute Gasteiger partial charge is 0.311 e. The zero-order valence-electron chi connectivity index (χ0n) is 7.66. The van der Waals surface area contributed by atoms with Gasteiger partial charge in [0.1, 0.15) is 5.82 Å². The van der Waals surface area contributed by atoms with Crippen molar-refractivity contribution >= 4 is 11.7 Å². The van der Waals surface area contributed by atoms with E-state index >= 15 is 0 Å². The van der Waals surface area contributed by atoms with E-state index in [9.17, 15) is 4.79 Å². The van der Waals surface area contributed by atoms with E-state index in [4.69, 9.17) is 0 Å². The van der Waals surface area contributed by atoms with Crippen molar-refractivity contribution < 1.29 is 4.79 Å². The van der Waals surface area contributed by atoms with Gasteiger partial charge in [0, 0.05) is 19.5 Å². The molecule has 4 nitrogen and oxygen atoms in total. The Kier molecular flexibility index (Phi) is 2.04. The van der Waals surface area contributed by atoms with Crippen LogP contribution in [0.3, 0.4) is 0 Å². The lowest BCUT2D eigenvalue weighted by Gasteiger charge is -2.05. The summed E-state index contributed by atoms with van der Waals surface area (Å²) in [4.78, 5) is 10.8. The number of carbonyl (C=O) groups excluding carboxylic acids is 1. The first-order valence-corrected chi connectivity index (χ1v) is 4.55. The third-order valence-corrected chi connectivity index (χ3v) is 2.15. The van der Waals surface area contributed by atoms with E-state index in [1.807, 2.05) is 10.7 Å². The smallest absolute Gasteiger partial charge is 0.222 e. The maximum atomic E-state index is 10.8. The van der Waals surface area contributed by atoms with E-state index < -0.39 is 0 Å². The van der Waals surface area contributed by atoms with E-state index in [0.29, 0.717) is 0 Å². The number of nitrogens with zero attached hydrogens (tertiary/aromatic N) is 2. The van der Waals surface area contributed by atoms with Crippen LogP contribution in [-0.2, 0) is 11.3 Å². The number of anilines is 1. The van der Waals surface area contributed by atoms with Crippen LogP contribution in [0.5, 0.6) is 0 Å². The summed E-state index contributed by atoms with van der Waals surface area (Å²) in [5.74, 6) is 1.53. The second-order valence-corrected chi connectivity index (χ2v) is 3.52. The van der Waals surface area contributed by atoms with Gasteiger partial charge in [0.25, 0.3) is 0 Å². The maximum absolute atomic E-state index is 10.8. The molecule has 0 aromatic carbocycles. The molecule has 2 rings (SSSR count). The molecule has 0 radical (unpaired) electrons. The SMILES string of the molecule is CC(=O)Nc1ccnn1CC1CC1. The summed E-state index contributed by atoms with van der Waals surface area (Å²) < 4.78 is 1.86. The lowest BCUT2D eigenvalue weighted by atomic mass is 10.4. The first kappa shape index (κ1) is 8.29. The standard InChI is InChI=1S/C9H13N3O/c1-7(13)11-9-4-5-10-12(9)6-8-2-3-8/h4-5,8H,2-3,6H2,1H3,(H,11,13). The van der Waals surface area contributed by atoms with Crippen LogP contribution in [0.2, 0.25) is 0 Å². The molecule has 1 saturated carbocycles. The van der Waals surface area contributed by atoms with E-state index in [0.717, 1.165) is 18.3 Å². The third kappa shape index (κ3) is 2.08. The van der Waals surface area contributed by atoms with Crippen LogP contribution in [0.1, 0.15) is 19.8 Å². The highest BCUT2D eigenvalue weighted by Crippen LogP contribution is 2.31. The number of amides is 1. The van der Waals surface area contributed by atoms with Crippen molar-refractivity contribution in [3.63, 3.8) is 0 Å². The molecule has 0 aliphatic heterocycles. The van der Waals surface area contributed by atoms with Gasteiger partial charge < -0.3 is 5.32 Å². The minimum absolute atomic E-state index is 0.0439. The van der Waals surface area contributed by atoms with Crippen LogP contribution in [0, 0.1) is 5.92 Å². The number of carbonyl (C=O) groups is 1. The Morgan fingerprint density at radius 3 is 3.15 bits per heavy atom. The molecule has 1 aliphatic rings. The highest BCUT2D eigenvalue weighted by Gasteiger charge is 2.22. The molecule has 1 heterocycles. The third-order valence-electron chi connectivity index (χ3n) is 2.15. The number of aromatic nitrogens is 2. The van der Waals surface area contributed by atoms with Gasteiger partial charge in [-0.05, 0) is 18.8 Å². The molecule has 4 heteroatoms. The fourth-order valence-electron chi connectivity index (χ4n) is 1.31. The normalized spacial score (nSPS) is 15.8. The van der Waals surface area contributed by atoms with Crippen LogP contribution in [0.4, 0.5) is 5.82 Å². The Labute approximate surface area is 76.9 Å². The second kappa shape index (κ2) is 3.20. The molecule has 0 atom stereocenters. The second-order valence-electron chi connectivity index (χ2n) is 3.52. The quantitative estimate of drug-likeness (QED) is 0.759. The van der Waals surface area contributed by atoms with Crippen molar-refractivity contribution in [1.29, 1.82) is 0 Å². The van der Waals surface area contributed by atoms with E-state index in [2.05, 4.69) is 10.4 Å². The lowest BCUT2D eigenvalue weighted by Crippen LogP contribution is -2.12. The van der Waals surface area contributed by atoms with Crippen molar-refractivity contribution in [2.24, 2.45) is 5.92 Å². The molecule has 1 aromatic heterocycles. The predicted octanol–water partition coefficient (Wildman–Crippen LogP) is 1.25. The molecule has 0 saturated heterocycles. The van der Waals surface area contributed by atoms with Crippen molar-refractivity contribution in [2.45, 2.75) is 26.3 Å². The first-order valence-electron chi connectivity index (χ1n) is 4.55. The van der Waals surface area contributed by atoms with Crippen LogP contribution >= 0.6 is 0 Å². The topological polar surface area (TPSA) is 46.9 Å². The van der Waals surface area contributed by atoms with Gasteiger partial charge in [0.2, 0.25) is 5.91 Å². The zero-order chi connectivity index (χ0) is 9.26. The summed E-state index contributed by atoms with van der Waals surface area (Å²) >= 11 is 0. The molecule has 1 aromatic rings. The highest BCUT2D eigenvalue weighted by molar-refractivity contribution is 5.87. The molecule has 0 unspecified atom stereocenters. The van der Waals surface area contributed by atoms with Crippen molar-refractivity contribution in [3.8, 4) is 0 Å². The van der Waals surface area contributed by atoms with Gasteiger partial charge in [0.05, 0.1) is 6.20 Å². The molecule has 1 aliphatic carbocycles. The van der Waals surface area contributed by atoms with Crippen LogP contribution in [0.25, 0.3) is 0 Å². The summed E-state index contributed by atoms with van der Waals surface area (Å²) in [7, 11) is 0. The number of hydrogen-bond donors (Lipinski definition) is 1.